The van der Waals surface area contributed by atoms with Crippen LogP contribution in [0.2, 0.25) is 0 Å². The number of nitrogens with one attached hydrogen (secondary N) is 1. The van der Waals surface area contributed by atoms with Crippen molar-refractivity contribution in [2.24, 2.45) is 5.92 Å². The molecule has 86 valence electrons. The summed E-state index contributed by atoms with van der Waals surface area (Å²) in [6, 6.07) is 0.600. The van der Waals surface area contributed by atoms with Crippen LogP contribution in [0, 0.1) is 5.92 Å². The Morgan fingerprint density at radius 1 is 1.33 bits per heavy atom. The van der Waals surface area contributed by atoms with Crippen LogP contribution in [-0.4, -0.2) is 43.8 Å². The Labute approximate surface area is 91.0 Å². The zero-order valence-electron chi connectivity index (χ0n) is 9.37. The fraction of sp³-hybridized carbons (Fsp3) is 0.909. The van der Waals surface area contributed by atoms with E-state index in [4.69, 9.17) is 4.74 Å². The summed E-state index contributed by atoms with van der Waals surface area (Å²) in [5, 5.41) is 3.03. The van der Waals surface area contributed by atoms with E-state index in [9.17, 15) is 4.79 Å². The first-order valence-corrected chi connectivity index (χ1v) is 5.84. The van der Waals surface area contributed by atoms with Gasteiger partial charge in [0, 0.05) is 32.8 Å². The van der Waals surface area contributed by atoms with Crippen LogP contribution >= 0.6 is 0 Å². The van der Waals surface area contributed by atoms with E-state index in [2.05, 4.69) is 5.32 Å². The predicted octanol–water partition coefficient (Wildman–Crippen LogP) is 1.22. The van der Waals surface area contributed by atoms with Crippen LogP contribution in [0.25, 0.3) is 0 Å². The molecule has 1 saturated carbocycles. The summed E-state index contributed by atoms with van der Waals surface area (Å²) in [6.07, 6.45) is 4.47. The average molecular weight is 212 g/mol. The van der Waals surface area contributed by atoms with Gasteiger partial charge in [-0.2, -0.15) is 0 Å². The first-order valence-electron chi connectivity index (χ1n) is 5.84. The highest BCUT2D eigenvalue weighted by atomic mass is 16.5. The van der Waals surface area contributed by atoms with Crippen molar-refractivity contribution in [1.29, 1.82) is 0 Å². The zero-order valence-corrected chi connectivity index (χ0v) is 9.37. The minimum Gasteiger partial charge on any atom is -0.384 e. The van der Waals surface area contributed by atoms with Gasteiger partial charge in [0.25, 0.3) is 0 Å². The minimum atomic E-state index is 0.133. The molecule has 15 heavy (non-hydrogen) atoms. The average Bonchev–Trinajstić information content (AvgIpc) is 3.03. The van der Waals surface area contributed by atoms with Crippen molar-refractivity contribution in [3.05, 3.63) is 0 Å². The molecule has 0 bridgehead atoms. The molecule has 2 rings (SSSR count). The normalized spacial score (nSPS) is 22.9. The van der Waals surface area contributed by atoms with Crippen LogP contribution in [0.1, 0.15) is 25.7 Å². The Balaban J connectivity index is 1.69. The Bertz CT molecular complexity index is 221. The molecule has 1 heterocycles. The highest BCUT2D eigenvalue weighted by Crippen LogP contribution is 2.21. The molecule has 2 fully saturated rings. The van der Waals surface area contributed by atoms with E-state index in [1.165, 1.54) is 0 Å². The van der Waals surface area contributed by atoms with Gasteiger partial charge in [0.05, 0.1) is 0 Å². The van der Waals surface area contributed by atoms with Gasteiger partial charge in [0.1, 0.15) is 0 Å². The third-order valence-electron chi connectivity index (χ3n) is 3.21. The third kappa shape index (κ3) is 3.09. The summed E-state index contributed by atoms with van der Waals surface area (Å²) < 4.78 is 5.13. The van der Waals surface area contributed by atoms with Gasteiger partial charge in [-0.1, -0.05) is 0 Å². The van der Waals surface area contributed by atoms with Crippen molar-refractivity contribution < 1.29 is 9.53 Å². The maximum absolute atomic E-state index is 11.7. The van der Waals surface area contributed by atoms with Gasteiger partial charge >= 0.3 is 6.03 Å². The number of rotatable bonds is 3. The van der Waals surface area contributed by atoms with Crippen molar-refractivity contribution in [3.63, 3.8) is 0 Å². The number of urea groups is 1. The molecule has 0 spiro atoms. The summed E-state index contributed by atoms with van der Waals surface area (Å²) in [5.74, 6) is 0.639. The molecule has 0 unspecified atom stereocenters. The number of hydrogen-bond acceptors (Lipinski definition) is 2. The first-order chi connectivity index (χ1) is 7.29. The molecule has 0 aromatic heterocycles. The number of carbonyl (C=O) groups excluding carboxylic acids is 1. The van der Waals surface area contributed by atoms with Crippen LogP contribution in [0.4, 0.5) is 4.79 Å². The molecule has 4 heteroatoms. The lowest BCUT2D eigenvalue weighted by Crippen LogP contribution is -2.45. The lowest BCUT2D eigenvalue weighted by molar-refractivity contribution is 0.107. The van der Waals surface area contributed by atoms with E-state index in [-0.39, 0.29) is 6.03 Å². The van der Waals surface area contributed by atoms with Crippen LogP contribution in [0.5, 0.6) is 0 Å². The van der Waals surface area contributed by atoms with Crippen LogP contribution in [-0.2, 0) is 4.74 Å². The van der Waals surface area contributed by atoms with Gasteiger partial charge in [-0.3, -0.25) is 0 Å². The SMILES string of the molecule is COCC1CCN(C(=O)NC2CC2)CC1. The van der Waals surface area contributed by atoms with Crippen molar-refractivity contribution in [3.8, 4) is 0 Å². The van der Waals surface area contributed by atoms with E-state index in [1.807, 2.05) is 4.90 Å². The smallest absolute Gasteiger partial charge is 0.317 e. The standard InChI is InChI=1S/C11H20N2O2/c1-15-8-9-4-6-13(7-5-9)11(14)12-10-2-3-10/h9-10H,2-8H2,1H3,(H,12,14). The number of hydrogen-bond donors (Lipinski definition) is 1. The van der Waals surface area contributed by atoms with Gasteiger partial charge in [0.2, 0.25) is 0 Å². The number of nitrogens with zero attached hydrogens (tertiary/aromatic N) is 1. The van der Waals surface area contributed by atoms with Crippen molar-refractivity contribution >= 4 is 6.03 Å². The quantitative estimate of drug-likeness (QED) is 0.764. The van der Waals surface area contributed by atoms with Gasteiger partial charge in [-0.25, -0.2) is 4.79 Å². The van der Waals surface area contributed by atoms with E-state index in [0.717, 1.165) is 45.4 Å². The molecule has 0 radical (unpaired) electrons. The summed E-state index contributed by atoms with van der Waals surface area (Å²) in [4.78, 5) is 13.6. The zero-order chi connectivity index (χ0) is 10.7. The second kappa shape index (κ2) is 4.84. The van der Waals surface area contributed by atoms with E-state index in [0.29, 0.717) is 12.0 Å². The molecule has 1 N–H and O–H groups in total. The van der Waals surface area contributed by atoms with Crippen LogP contribution < -0.4 is 5.32 Å². The molecule has 1 aliphatic carbocycles. The van der Waals surface area contributed by atoms with Gasteiger partial charge in [0.15, 0.2) is 0 Å². The maximum atomic E-state index is 11.7. The van der Waals surface area contributed by atoms with Crippen molar-refractivity contribution in [2.75, 3.05) is 26.8 Å². The lowest BCUT2D eigenvalue weighted by atomic mass is 9.98. The lowest BCUT2D eigenvalue weighted by Gasteiger charge is -2.31. The largest absolute Gasteiger partial charge is 0.384 e. The fourth-order valence-electron chi connectivity index (χ4n) is 2.03. The number of carbonyl (C=O) groups is 1. The summed E-state index contributed by atoms with van der Waals surface area (Å²) in [6.45, 7) is 2.59. The Kier molecular flexibility index (Phi) is 3.46. The molecular formula is C11H20N2O2. The first kappa shape index (κ1) is 10.7. The molecule has 0 aromatic carbocycles. The Hall–Kier alpha value is -0.770. The van der Waals surface area contributed by atoms with E-state index in [1.54, 1.807) is 7.11 Å². The number of amides is 2. The molecule has 2 amide bonds. The van der Waals surface area contributed by atoms with Gasteiger partial charge in [-0.15, -0.1) is 0 Å². The summed E-state index contributed by atoms with van der Waals surface area (Å²) in [5.41, 5.74) is 0. The Morgan fingerprint density at radius 2 is 2.00 bits per heavy atom. The monoisotopic (exact) mass is 212 g/mol. The summed E-state index contributed by atoms with van der Waals surface area (Å²) in [7, 11) is 1.74. The molecule has 0 aromatic rings. The minimum absolute atomic E-state index is 0.133. The molecule has 1 saturated heterocycles. The second-order valence-corrected chi connectivity index (χ2v) is 4.61. The highest BCUT2D eigenvalue weighted by Gasteiger charge is 2.28. The Morgan fingerprint density at radius 3 is 2.53 bits per heavy atom. The van der Waals surface area contributed by atoms with Gasteiger partial charge in [-0.05, 0) is 31.6 Å². The number of piperidine rings is 1. The van der Waals surface area contributed by atoms with Crippen molar-refractivity contribution in [2.45, 2.75) is 31.7 Å². The molecular weight excluding hydrogens is 192 g/mol. The second-order valence-electron chi connectivity index (χ2n) is 4.61. The van der Waals surface area contributed by atoms with Gasteiger partial charge < -0.3 is 15.0 Å². The fourth-order valence-corrected chi connectivity index (χ4v) is 2.03. The van der Waals surface area contributed by atoms with Crippen LogP contribution in [0.3, 0.4) is 0 Å². The number of ether oxygens (including phenoxy) is 1. The third-order valence-corrected chi connectivity index (χ3v) is 3.21. The van der Waals surface area contributed by atoms with Crippen LogP contribution in [0.15, 0.2) is 0 Å². The number of methoxy groups -OCH3 is 1. The predicted molar refractivity (Wildman–Crippen MR) is 57.7 cm³/mol. The maximum Gasteiger partial charge on any atom is 0.317 e. The molecule has 0 atom stereocenters. The topological polar surface area (TPSA) is 41.6 Å². The van der Waals surface area contributed by atoms with Crippen molar-refractivity contribution in [1.82, 2.24) is 10.2 Å². The highest BCUT2D eigenvalue weighted by molar-refractivity contribution is 5.74. The number of likely N-dealkylation sites (tertiary alicyclic amines) is 1. The molecule has 4 nitrogen and oxygen atoms in total. The van der Waals surface area contributed by atoms with E-state index >= 15 is 0 Å². The van der Waals surface area contributed by atoms with E-state index < -0.39 is 0 Å². The molecule has 1 aliphatic heterocycles. The summed E-state index contributed by atoms with van der Waals surface area (Å²) >= 11 is 0. The molecule has 2 aliphatic rings.